The van der Waals surface area contributed by atoms with E-state index in [2.05, 4.69) is 58.4 Å². The maximum atomic E-state index is 12.9. The highest BCUT2D eigenvalue weighted by Gasteiger charge is 2.28. The minimum absolute atomic E-state index is 0.120. The summed E-state index contributed by atoms with van der Waals surface area (Å²) in [6.45, 7) is 7.60. The Bertz CT molecular complexity index is 1170. The molecule has 3 aromatic rings. The van der Waals surface area contributed by atoms with Gasteiger partial charge < -0.3 is 9.80 Å². The Morgan fingerprint density at radius 1 is 1.06 bits per heavy atom. The number of H-pyrrole nitrogens is 1. The Kier molecular flexibility index (Phi) is 8.13. The minimum Gasteiger partial charge on any atom is -0.372 e. The second kappa shape index (κ2) is 11.6. The van der Waals surface area contributed by atoms with Gasteiger partial charge in [0.25, 0.3) is 5.91 Å². The Balaban J connectivity index is 1.38. The molecule has 8 nitrogen and oxygen atoms in total. The van der Waals surface area contributed by atoms with Crippen molar-refractivity contribution in [3.8, 4) is 0 Å². The molecular weight excluding hydrogens is 440 g/mol. The summed E-state index contributed by atoms with van der Waals surface area (Å²) in [6.07, 6.45) is 5.52. The van der Waals surface area contributed by atoms with Crippen LogP contribution in [0.15, 0.2) is 64.5 Å². The van der Waals surface area contributed by atoms with E-state index in [9.17, 15) is 9.59 Å². The average Bonchev–Trinajstić information content (AvgIpc) is 3.28. The molecule has 1 amide bonds. The van der Waals surface area contributed by atoms with Crippen LogP contribution in [0.5, 0.6) is 0 Å². The number of carbonyl (C=O) groups is 1. The lowest BCUT2D eigenvalue weighted by atomic mass is 9.89. The van der Waals surface area contributed by atoms with Crippen molar-refractivity contribution in [2.24, 2.45) is 5.10 Å². The van der Waals surface area contributed by atoms with Gasteiger partial charge in [-0.3, -0.25) is 9.59 Å². The zero-order chi connectivity index (χ0) is 24.6. The summed E-state index contributed by atoms with van der Waals surface area (Å²) in [6, 6.07) is 18.4. The fourth-order valence-electron chi connectivity index (χ4n) is 4.60. The summed E-state index contributed by atoms with van der Waals surface area (Å²) in [5, 5.41) is 10.7. The first-order valence-corrected chi connectivity index (χ1v) is 12.5. The smallest absolute Gasteiger partial charge is 0.320 e. The monoisotopic (exact) mass is 474 g/mol. The molecule has 0 atom stereocenters. The van der Waals surface area contributed by atoms with E-state index in [1.54, 1.807) is 11.1 Å². The number of amides is 1. The van der Waals surface area contributed by atoms with Gasteiger partial charge in [-0.25, -0.2) is 0 Å². The predicted molar refractivity (Wildman–Crippen MR) is 139 cm³/mol. The number of aromatic nitrogens is 3. The van der Waals surface area contributed by atoms with Crippen molar-refractivity contribution in [3.63, 3.8) is 0 Å². The Morgan fingerprint density at radius 3 is 2.34 bits per heavy atom. The molecule has 1 aliphatic heterocycles. The highest BCUT2D eigenvalue weighted by atomic mass is 16.2. The molecule has 1 saturated heterocycles. The van der Waals surface area contributed by atoms with Crippen LogP contribution >= 0.6 is 0 Å². The van der Waals surface area contributed by atoms with Crippen LogP contribution in [0.1, 0.15) is 67.1 Å². The summed E-state index contributed by atoms with van der Waals surface area (Å²) < 4.78 is 0. The van der Waals surface area contributed by atoms with E-state index in [-0.39, 0.29) is 11.6 Å². The van der Waals surface area contributed by atoms with E-state index in [1.165, 1.54) is 11.3 Å². The fraction of sp³-hybridized carbons (Fsp3) is 0.407. The van der Waals surface area contributed by atoms with E-state index < -0.39 is 5.56 Å². The lowest BCUT2D eigenvalue weighted by Crippen LogP contribution is -2.40. The summed E-state index contributed by atoms with van der Waals surface area (Å²) in [7, 11) is 0. The Labute approximate surface area is 206 Å². The number of hydrogen-bond acceptors (Lipinski definition) is 5. The summed E-state index contributed by atoms with van der Waals surface area (Å²) in [5.41, 5.74) is 2.68. The molecule has 0 aliphatic carbocycles. The molecule has 8 heteroatoms. The van der Waals surface area contributed by atoms with Crippen molar-refractivity contribution < 1.29 is 4.79 Å². The van der Waals surface area contributed by atoms with Crippen LogP contribution in [0.3, 0.4) is 0 Å². The van der Waals surface area contributed by atoms with Gasteiger partial charge in [-0.15, -0.1) is 9.89 Å². The first kappa shape index (κ1) is 24.4. The highest BCUT2D eigenvalue weighted by Crippen LogP contribution is 2.28. The maximum Gasteiger partial charge on any atom is 0.320 e. The van der Waals surface area contributed by atoms with Crippen molar-refractivity contribution in [1.82, 2.24) is 20.0 Å². The molecule has 1 aromatic heterocycles. The van der Waals surface area contributed by atoms with Gasteiger partial charge >= 0.3 is 5.56 Å². The highest BCUT2D eigenvalue weighted by molar-refractivity contribution is 5.92. The van der Waals surface area contributed by atoms with Gasteiger partial charge in [0.15, 0.2) is 0 Å². The number of hydrogen-bond donors (Lipinski definition) is 1. The molecule has 35 heavy (non-hydrogen) atoms. The van der Waals surface area contributed by atoms with E-state index in [0.29, 0.717) is 19.0 Å². The van der Waals surface area contributed by atoms with Crippen molar-refractivity contribution in [3.05, 3.63) is 81.8 Å². The molecule has 0 radical (unpaired) electrons. The minimum atomic E-state index is -0.537. The van der Waals surface area contributed by atoms with Gasteiger partial charge in [-0.1, -0.05) is 56.3 Å². The number of nitrogens with one attached hydrogen (secondary N) is 1. The number of rotatable bonds is 9. The van der Waals surface area contributed by atoms with Crippen LogP contribution < -0.4 is 10.5 Å². The van der Waals surface area contributed by atoms with Gasteiger partial charge in [0.05, 0.1) is 6.21 Å². The van der Waals surface area contributed by atoms with Gasteiger partial charge in [0.2, 0.25) is 5.69 Å². The number of aromatic amines is 1. The molecular formula is C27H34N6O2. The van der Waals surface area contributed by atoms with Crippen molar-refractivity contribution in [2.75, 3.05) is 31.1 Å². The number of likely N-dealkylation sites (tertiary alicyclic amines) is 1. The fourth-order valence-corrected chi connectivity index (χ4v) is 4.60. The Hall–Kier alpha value is -3.68. The second-order valence-electron chi connectivity index (χ2n) is 8.98. The third-order valence-corrected chi connectivity index (χ3v) is 6.47. The molecule has 4 rings (SSSR count). The summed E-state index contributed by atoms with van der Waals surface area (Å²) >= 11 is 0. The number of carbonyl (C=O) groups excluding carboxylic acids is 1. The van der Waals surface area contributed by atoms with E-state index >= 15 is 0 Å². The van der Waals surface area contributed by atoms with E-state index in [4.69, 9.17) is 0 Å². The van der Waals surface area contributed by atoms with Gasteiger partial charge in [-0.2, -0.15) is 10.3 Å². The van der Waals surface area contributed by atoms with Crippen LogP contribution in [0, 0.1) is 0 Å². The molecule has 2 aromatic carbocycles. The van der Waals surface area contributed by atoms with E-state index in [1.807, 2.05) is 30.3 Å². The largest absolute Gasteiger partial charge is 0.372 e. The lowest BCUT2D eigenvalue weighted by molar-refractivity contribution is 0.0705. The average molecular weight is 475 g/mol. The molecule has 0 bridgehead atoms. The Morgan fingerprint density at radius 2 is 1.71 bits per heavy atom. The summed E-state index contributed by atoms with van der Waals surface area (Å²) in [5.74, 6) is 0.0890. The molecule has 1 fully saturated rings. The lowest BCUT2D eigenvalue weighted by Gasteiger charge is -2.31. The molecule has 0 saturated carbocycles. The topological polar surface area (TPSA) is 86.6 Å². The first-order valence-electron chi connectivity index (χ1n) is 12.5. The van der Waals surface area contributed by atoms with Crippen LogP contribution in [-0.4, -0.2) is 58.3 Å². The number of nitrogens with zero attached hydrogens (tertiary/aromatic N) is 5. The predicted octanol–water partition coefficient (Wildman–Crippen LogP) is 4.10. The SMILES string of the molecule is CCCN(CCC)c1ccc(C=Nn2[nH]nc(C(=O)N3CCC(c4ccccc4)CC3)c2=O)cc1. The van der Waals surface area contributed by atoms with Crippen molar-refractivity contribution >= 4 is 17.8 Å². The quantitative estimate of drug-likeness (QED) is 0.473. The second-order valence-corrected chi connectivity index (χ2v) is 8.98. The van der Waals surface area contributed by atoms with Crippen molar-refractivity contribution in [2.45, 2.75) is 45.4 Å². The third-order valence-electron chi connectivity index (χ3n) is 6.47. The maximum absolute atomic E-state index is 12.9. The van der Waals surface area contributed by atoms with E-state index in [0.717, 1.165) is 49.1 Å². The molecule has 1 N–H and O–H groups in total. The first-order chi connectivity index (χ1) is 17.1. The zero-order valence-corrected chi connectivity index (χ0v) is 20.6. The van der Waals surface area contributed by atoms with Crippen LogP contribution in [0.2, 0.25) is 0 Å². The molecule has 184 valence electrons. The van der Waals surface area contributed by atoms with Gasteiger partial charge in [-0.05, 0) is 54.9 Å². The van der Waals surface area contributed by atoms with Gasteiger partial charge in [0.1, 0.15) is 0 Å². The molecule has 0 spiro atoms. The van der Waals surface area contributed by atoms with Gasteiger partial charge in [0, 0.05) is 31.9 Å². The van der Waals surface area contributed by atoms with Crippen LogP contribution in [-0.2, 0) is 0 Å². The number of piperidine rings is 1. The van der Waals surface area contributed by atoms with Crippen molar-refractivity contribution in [1.29, 1.82) is 0 Å². The number of anilines is 1. The standard InChI is InChI=1S/C27H34N6O2/c1-3-16-31(17-4-2)24-12-10-21(11-13-24)20-28-33-27(35)25(29-30-33)26(34)32-18-14-23(15-19-32)22-8-6-5-7-9-22/h5-13,20,23,30H,3-4,14-19H2,1-2H3. The molecule has 1 aliphatic rings. The summed E-state index contributed by atoms with van der Waals surface area (Å²) in [4.78, 5) is 30.8. The molecule has 0 unspecified atom stereocenters. The van der Waals surface area contributed by atoms with Crippen LogP contribution in [0.25, 0.3) is 0 Å². The van der Waals surface area contributed by atoms with Crippen LogP contribution in [0.4, 0.5) is 5.69 Å². The number of benzene rings is 2. The third kappa shape index (κ3) is 5.88. The molecule has 2 heterocycles. The normalized spacial score (nSPS) is 14.5. The zero-order valence-electron chi connectivity index (χ0n) is 20.6.